The molecule has 1 fully saturated rings. The van der Waals surface area contributed by atoms with Gasteiger partial charge in [0.15, 0.2) is 11.5 Å². The topological polar surface area (TPSA) is 55.4 Å². The highest BCUT2D eigenvalue weighted by Crippen LogP contribution is 2.27. The van der Waals surface area contributed by atoms with Crippen molar-refractivity contribution in [3.05, 3.63) is 64.6 Å². The molecule has 0 radical (unpaired) electrons. The Morgan fingerprint density at radius 1 is 1.03 bits per heavy atom. The maximum absolute atomic E-state index is 15.0. The van der Waals surface area contributed by atoms with Gasteiger partial charge in [-0.3, -0.25) is 9.36 Å². The van der Waals surface area contributed by atoms with Crippen LogP contribution >= 0.6 is 0 Å². The van der Waals surface area contributed by atoms with Gasteiger partial charge in [0.05, 0.1) is 17.5 Å². The SMILES string of the molecule is Cc1cn2cc(-c3cc(F)c4c(=O)n(C5CCN(C)CC5)cnc4c3)cc(F)c2n1. The van der Waals surface area contributed by atoms with Crippen molar-refractivity contribution in [3.8, 4) is 11.1 Å². The molecule has 1 aliphatic heterocycles. The molecule has 0 saturated carbocycles. The lowest BCUT2D eigenvalue weighted by atomic mass is 10.0. The fourth-order valence-corrected chi connectivity index (χ4v) is 4.25. The first-order valence-corrected chi connectivity index (χ1v) is 9.95. The maximum atomic E-state index is 15.0. The molecule has 1 saturated heterocycles. The summed E-state index contributed by atoms with van der Waals surface area (Å²) in [5.74, 6) is -1.14. The fourth-order valence-electron chi connectivity index (χ4n) is 4.25. The van der Waals surface area contributed by atoms with Crippen molar-refractivity contribution in [1.29, 1.82) is 0 Å². The van der Waals surface area contributed by atoms with Crippen LogP contribution in [0.15, 0.2) is 41.7 Å². The zero-order valence-corrected chi connectivity index (χ0v) is 16.8. The number of halogens is 2. The number of pyridine rings is 1. The smallest absolute Gasteiger partial charge is 0.264 e. The van der Waals surface area contributed by atoms with Gasteiger partial charge in [0.25, 0.3) is 5.56 Å². The van der Waals surface area contributed by atoms with Crippen LogP contribution in [0.4, 0.5) is 8.78 Å². The van der Waals surface area contributed by atoms with Crippen molar-refractivity contribution in [3.63, 3.8) is 0 Å². The van der Waals surface area contributed by atoms with Crippen LogP contribution < -0.4 is 5.56 Å². The van der Waals surface area contributed by atoms with E-state index < -0.39 is 11.6 Å². The van der Waals surface area contributed by atoms with E-state index in [0.717, 1.165) is 25.9 Å². The summed E-state index contributed by atoms with van der Waals surface area (Å²) >= 11 is 0. The summed E-state index contributed by atoms with van der Waals surface area (Å²) in [5.41, 5.74) is 1.74. The molecule has 0 amide bonds. The van der Waals surface area contributed by atoms with Gasteiger partial charge in [0.1, 0.15) is 11.2 Å². The quantitative estimate of drug-likeness (QED) is 0.508. The van der Waals surface area contributed by atoms with Crippen LogP contribution in [0.5, 0.6) is 0 Å². The molecule has 0 atom stereocenters. The first-order valence-electron chi connectivity index (χ1n) is 9.95. The summed E-state index contributed by atoms with van der Waals surface area (Å²) in [6, 6.07) is 4.24. The lowest BCUT2D eigenvalue weighted by Crippen LogP contribution is -2.35. The lowest BCUT2D eigenvalue weighted by molar-refractivity contribution is 0.218. The van der Waals surface area contributed by atoms with Gasteiger partial charge in [-0.05, 0) is 63.7 Å². The molecule has 1 aromatic carbocycles. The molecule has 6 nitrogen and oxygen atoms in total. The van der Waals surface area contributed by atoms with Crippen molar-refractivity contribution in [1.82, 2.24) is 23.8 Å². The Morgan fingerprint density at radius 2 is 1.77 bits per heavy atom. The minimum Gasteiger partial charge on any atom is -0.306 e. The van der Waals surface area contributed by atoms with Crippen molar-refractivity contribution in [2.24, 2.45) is 0 Å². The van der Waals surface area contributed by atoms with E-state index in [2.05, 4.69) is 14.9 Å². The summed E-state index contributed by atoms with van der Waals surface area (Å²) in [7, 11) is 2.05. The molecule has 4 aromatic rings. The zero-order chi connectivity index (χ0) is 21.0. The number of fused-ring (bicyclic) bond motifs is 2. The van der Waals surface area contributed by atoms with Gasteiger partial charge < -0.3 is 9.30 Å². The summed E-state index contributed by atoms with van der Waals surface area (Å²) in [6.45, 7) is 3.55. The van der Waals surface area contributed by atoms with Gasteiger partial charge >= 0.3 is 0 Å². The number of likely N-dealkylation sites (tertiary alicyclic amines) is 1. The van der Waals surface area contributed by atoms with Gasteiger partial charge in [0, 0.05) is 24.0 Å². The molecule has 0 aliphatic carbocycles. The molecule has 4 heterocycles. The highest BCUT2D eigenvalue weighted by molar-refractivity contribution is 5.84. The van der Waals surface area contributed by atoms with E-state index in [-0.39, 0.29) is 28.2 Å². The third kappa shape index (κ3) is 3.08. The number of aryl methyl sites for hydroxylation is 1. The standard InChI is InChI=1S/C22H21F2N5O/c1-13-10-28-11-15(8-18(24)21(28)26-13)14-7-17(23)20-19(9-14)25-12-29(22(20)30)16-3-5-27(2)6-4-16/h7-12,16H,3-6H2,1-2H3. The second-order valence-electron chi connectivity index (χ2n) is 8.03. The van der Waals surface area contributed by atoms with E-state index in [1.54, 1.807) is 34.4 Å². The fraction of sp³-hybridized carbons (Fsp3) is 0.318. The van der Waals surface area contributed by atoms with E-state index in [1.807, 2.05) is 7.05 Å². The number of hydrogen-bond donors (Lipinski definition) is 0. The summed E-state index contributed by atoms with van der Waals surface area (Å²) in [6.07, 6.45) is 6.56. The number of nitrogens with zero attached hydrogens (tertiary/aromatic N) is 5. The van der Waals surface area contributed by atoms with Gasteiger partial charge in [-0.15, -0.1) is 0 Å². The zero-order valence-electron chi connectivity index (χ0n) is 16.8. The highest BCUT2D eigenvalue weighted by Gasteiger charge is 2.21. The molecule has 5 rings (SSSR count). The Hall–Kier alpha value is -3.13. The van der Waals surface area contributed by atoms with Gasteiger partial charge in [-0.25, -0.2) is 18.7 Å². The van der Waals surface area contributed by atoms with Crippen LogP contribution in [-0.2, 0) is 0 Å². The number of hydrogen-bond acceptors (Lipinski definition) is 4. The number of piperidine rings is 1. The van der Waals surface area contributed by atoms with Crippen LogP contribution in [-0.4, -0.2) is 44.0 Å². The van der Waals surface area contributed by atoms with Crippen LogP contribution in [0.2, 0.25) is 0 Å². The summed E-state index contributed by atoms with van der Waals surface area (Å²) in [4.78, 5) is 23.7. The average Bonchev–Trinajstić information content (AvgIpc) is 3.09. The van der Waals surface area contributed by atoms with Crippen LogP contribution in [0.1, 0.15) is 24.6 Å². The Bertz CT molecular complexity index is 1340. The molecule has 30 heavy (non-hydrogen) atoms. The Morgan fingerprint density at radius 3 is 2.53 bits per heavy atom. The van der Waals surface area contributed by atoms with Crippen LogP contribution in [0.3, 0.4) is 0 Å². The third-order valence-corrected chi connectivity index (χ3v) is 5.88. The predicted molar refractivity (Wildman–Crippen MR) is 111 cm³/mol. The van der Waals surface area contributed by atoms with Crippen molar-refractivity contribution in [2.45, 2.75) is 25.8 Å². The summed E-state index contributed by atoms with van der Waals surface area (Å²) < 4.78 is 32.6. The number of imidazole rings is 1. The maximum Gasteiger partial charge on any atom is 0.264 e. The van der Waals surface area contributed by atoms with Crippen molar-refractivity contribution < 1.29 is 8.78 Å². The van der Waals surface area contributed by atoms with Gasteiger partial charge in [-0.2, -0.15) is 0 Å². The number of rotatable bonds is 2. The van der Waals surface area contributed by atoms with E-state index in [4.69, 9.17) is 0 Å². The largest absolute Gasteiger partial charge is 0.306 e. The van der Waals surface area contributed by atoms with Crippen molar-refractivity contribution >= 4 is 16.6 Å². The minimum atomic E-state index is -0.649. The number of aromatic nitrogens is 4. The Balaban J connectivity index is 1.61. The Kier molecular flexibility index (Phi) is 4.39. The average molecular weight is 409 g/mol. The molecule has 154 valence electrons. The third-order valence-electron chi connectivity index (χ3n) is 5.88. The van der Waals surface area contributed by atoms with Gasteiger partial charge in [-0.1, -0.05) is 0 Å². The molecular formula is C22H21F2N5O. The van der Waals surface area contributed by atoms with Crippen molar-refractivity contribution in [2.75, 3.05) is 20.1 Å². The molecule has 0 bridgehead atoms. The van der Waals surface area contributed by atoms with Gasteiger partial charge in [0.2, 0.25) is 0 Å². The van der Waals surface area contributed by atoms with E-state index in [0.29, 0.717) is 16.8 Å². The van der Waals surface area contributed by atoms with E-state index in [9.17, 15) is 9.18 Å². The molecule has 0 N–H and O–H groups in total. The molecule has 0 spiro atoms. The lowest BCUT2D eigenvalue weighted by Gasteiger charge is -2.30. The monoisotopic (exact) mass is 409 g/mol. The second-order valence-corrected chi connectivity index (χ2v) is 8.03. The van der Waals surface area contributed by atoms with Crippen LogP contribution in [0.25, 0.3) is 27.7 Å². The first kappa shape index (κ1) is 18.9. The van der Waals surface area contributed by atoms with E-state index >= 15 is 4.39 Å². The normalized spacial score (nSPS) is 16.0. The molecule has 8 heteroatoms. The molecule has 3 aromatic heterocycles. The second kappa shape index (κ2) is 6.98. The first-order chi connectivity index (χ1) is 14.4. The number of benzene rings is 1. The molecule has 1 aliphatic rings. The molecule has 0 unspecified atom stereocenters. The molecular weight excluding hydrogens is 388 g/mol. The predicted octanol–water partition coefficient (Wildman–Crippen LogP) is 3.56. The minimum absolute atomic E-state index is 0.0191. The van der Waals surface area contributed by atoms with E-state index in [1.165, 1.54) is 18.5 Å². The van der Waals surface area contributed by atoms with Crippen LogP contribution in [0, 0.1) is 18.6 Å². The summed E-state index contributed by atoms with van der Waals surface area (Å²) in [5, 5.41) is -0.0276. The highest BCUT2D eigenvalue weighted by atomic mass is 19.1. The Labute approximate surface area is 171 Å².